The van der Waals surface area contributed by atoms with Gasteiger partial charge in [0.25, 0.3) is 11.8 Å². The first-order valence-corrected chi connectivity index (χ1v) is 9.48. The van der Waals surface area contributed by atoms with Crippen LogP contribution in [0.15, 0.2) is 18.2 Å². The molecule has 0 spiro atoms. The van der Waals surface area contributed by atoms with Gasteiger partial charge in [0, 0.05) is 13.5 Å². The van der Waals surface area contributed by atoms with Gasteiger partial charge in [0.15, 0.2) is 9.74 Å². The quantitative estimate of drug-likeness (QED) is 0.670. The summed E-state index contributed by atoms with van der Waals surface area (Å²) < 4.78 is 0. The number of carbonyl (C=O) groups is 2. The molecule has 2 saturated heterocycles. The maximum absolute atomic E-state index is 13.3. The van der Waals surface area contributed by atoms with E-state index in [-0.39, 0.29) is 12.3 Å². The van der Waals surface area contributed by atoms with Gasteiger partial charge < -0.3 is 9.80 Å². The van der Waals surface area contributed by atoms with Crippen LogP contribution in [-0.2, 0) is 9.59 Å². The van der Waals surface area contributed by atoms with E-state index in [0.717, 1.165) is 0 Å². The number of fused-ring (bicyclic) bond motifs is 1. The molecule has 9 heteroatoms. The molecule has 1 aromatic carbocycles. The van der Waals surface area contributed by atoms with Gasteiger partial charge in [-0.25, -0.2) is 0 Å². The van der Waals surface area contributed by atoms with Gasteiger partial charge in [-0.2, -0.15) is 5.26 Å². The van der Waals surface area contributed by atoms with Gasteiger partial charge in [-0.1, -0.05) is 29.3 Å². The highest BCUT2D eigenvalue weighted by Gasteiger charge is 2.68. The van der Waals surface area contributed by atoms with Crippen LogP contribution in [-0.4, -0.2) is 38.4 Å². The molecule has 0 radical (unpaired) electrons. The van der Waals surface area contributed by atoms with Crippen LogP contribution in [0.1, 0.15) is 31.9 Å². The van der Waals surface area contributed by atoms with E-state index in [1.807, 2.05) is 0 Å². The lowest BCUT2D eigenvalue weighted by atomic mass is 9.79. The molecule has 2 heterocycles. The summed E-state index contributed by atoms with van der Waals surface area (Å²) in [6.45, 7) is 3.27. The summed E-state index contributed by atoms with van der Waals surface area (Å²) >= 11 is 21.2. The Morgan fingerprint density at radius 2 is 1.81 bits per heavy atom. The first-order valence-electron chi connectivity index (χ1n) is 7.83. The largest absolute Gasteiger partial charge is 0.320 e. The number of likely N-dealkylation sites (N-methyl/N-ethyl adjacent to an activating group) is 1. The second kappa shape index (κ2) is 5.96. The van der Waals surface area contributed by atoms with Crippen molar-refractivity contribution in [1.29, 1.82) is 5.26 Å². The zero-order valence-corrected chi connectivity index (χ0v) is 17.6. The van der Waals surface area contributed by atoms with Crippen molar-refractivity contribution in [2.24, 2.45) is 5.41 Å². The molecule has 5 nitrogen and oxygen atoms in total. The average Bonchev–Trinajstić information content (AvgIpc) is 2.83. The van der Waals surface area contributed by atoms with E-state index in [0.29, 0.717) is 15.6 Å². The molecule has 26 heavy (non-hydrogen) atoms. The number of nitriles is 1. The number of carbonyl (C=O) groups excluding carboxylic acids is 2. The lowest BCUT2D eigenvalue weighted by Crippen LogP contribution is -2.69. The minimum atomic E-state index is -1.44. The summed E-state index contributed by atoms with van der Waals surface area (Å²) in [6.07, 6.45) is 0.0866. The van der Waals surface area contributed by atoms with Gasteiger partial charge >= 0.3 is 0 Å². The van der Waals surface area contributed by atoms with E-state index in [1.54, 1.807) is 32.0 Å². The normalized spacial score (nSPS) is 36.9. The van der Waals surface area contributed by atoms with Gasteiger partial charge in [0.2, 0.25) is 0 Å². The third-order valence-corrected chi connectivity index (χ3v) is 7.11. The number of piperazine rings is 1. The molecule has 3 rings (SSSR count). The number of nitrogens with zero attached hydrogens (tertiary/aromatic N) is 3. The van der Waals surface area contributed by atoms with Gasteiger partial charge in [-0.15, -0.1) is 25.3 Å². The molecule has 2 fully saturated rings. The van der Waals surface area contributed by atoms with Crippen molar-refractivity contribution in [2.75, 3.05) is 7.05 Å². The highest BCUT2D eigenvalue weighted by atomic mass is 35.5. The molecule has 0 saturated carbocycles. The number of halogens is 2. The Kier molecular flexibility index (Phi) is 4.52. The monoisotopic (exact) mass is 429 g/mol. The standard InChI is InChI=1S/C17H17Cl2N3O2S2/c1-15(8-20)7-17(26)14(24)21(3)16(2,25)13(23)22(17)12(15)9-4-5-10(18)11(19)6-9/h4-6,12,25-26H,7H2,1-3H3/t12-,15+,16-,17+/m0/s1. The van der Waals surface area contributed by atoms with Gasteiger partial charge in [0.05, 0.1) is 27.6 Å². The first kappa shape index (κ1) is 19.7. The predicted molar refractivity (Wildman–Crippen MR) is 106 cm³/mol. The molecular weight excluding hydrogens is 413 g/mol. The summed E-state index contributed by atoms with van der Waals surface area (Å²) in [5.74, 6) is -0.769. The topological polar surface area (TPSA) is 64.4 Å². The first-order chi connectivity index (χ1) is 11.9. The summed E-state index contributed by atoms with van der Waals surface area (Å²) in [7, 11) is 1.51. The van der Waals surface area contributed by atoms with Crippen molar-refractivity contribution < 1.29 is 9.59 Å². The van der Waals surface area contributed by atoms with Crippen LogP contribution in [0, 0.1) is 16.7 Å². The Balaban J connectivity index is 2.25. The zero-order valence-electron chi connectivity index (χ0n) is 14.3. The fourth-order valence-corrected chi connectivity index (χ4v) is 4.98. The van der Waals surface area contributed by atoms with E-state index >= 15 is 0 Å². The third kappa shape index (κ3) is 2.46. The van der Waals surface area contributed by atoms with Crippen LogP contribution < -0.4 is 0 Å². The molecule has 2 aliphatic heterocycles. The van der Waals surface area contributed by atoms with Gasteiger partial charge in [0.1, 0.15) is 0 Å². The lowest BCUT2D eigenvalue weighted by Gasteiger charge is -2.50. The molecule has 138 valence electrons. The molecule has 2 aliphatic rings. The van der Waals surface area contributed by atoms with E-state index in [2.05, 4.69) is 31.3 Å². The van der Waals surface area contributed by atoms with Gasteiger partial charge in [-0.05, 0) is 31.5 Å². The smallest absolute Gasteiger partial charge is 0.260 e. The van der Waals surface area contributed by atoms with E-state index in [1.165, 1.54) is 16.8 Å². The van der Waals surface area contributed by atoms with E-state index in [9.17, 15) is 14.9 Å². The molecular formula is C17H17Cl2N3O2S2. The Morgan fingerprint density at radius 3 is 2.35 bits per heavy atom. The minimum Gasteiger partial charge on any atom is -0.320 e. The zero-order chi connectivity index (χ0) is 19.7. The predicted octanol–water partition coefficient (Wildman–Crippen LogP) is 3.54. The highest BCUT2D eigenvalue weighted by molar-refractivity contribution is 7.83. The fraction of sp³-hybridized carbons (Fsp3) is 0.471. The summed E-state index contributed by atoms with van der Waals surface area (Å²) in [6, 6.07) is 6.50. The molecule has 0 bridgehead atoms. The Morgan fingerprint density at radius 1 is 1.19 bits per heavy atom. The fourth-order valence-electron chi connectivity index (χ4n) is 3.79. The van der Waals surface area contributed by atoms with Crippen molar-refractivity contribution in [3.8, 4) is 6.07 Å². The minimum absolute atomic E-state index is 0.0866. The van der Waals surface area contributed by atoms with Crippen LogP contribution in [0.25, 0.3) is 0 Å². The number of rotatable bonds is 1. The molecule has 0 aromatic heterocycles. The maximum atomic E-state index is 13.3. The number of thiol groups is 2. The van der Waals surface area contributed by atoms with Crippen LogP contribution in [0.4, 0.5) is 0 Å². The van der Waals surface area contributed by atoms with Gasteiger partial charge in [-0.3, -0.25) is 9.59 Å². The second-order valence-electron chi connectivity index (χ2n) is 7.16. The number of hydrogen-bond acceptors (Lipinski definition) is 5. The molecule has 1 aromatic rings. The van der Waals surface area contributed by atoms with Crippen LogP contribution >= 0.6 is 48.5 Å². The van der Waals surface area contributed by atoms with Crippen molar-refractivity contribution in [3.05, 3.63) is 33.8 Å². The van der Waals surface area contributed by atoms with Crippen molar-refractivity contribution in [1.82, 2.24) is 9.80 Å². The van der Waals surface area contributed by atoms with Crippen molar-refractivity contribution >= 4 is 60.3 Å². The van der Waals surface area contributed by atoms with Crippen molar-refractivity contribution in [3.63, 3.8) is 0 Å². The second-order valence-corrected chi connectivity index (χ2v) is 9.58. The number of benzene rings is 1. The SMILES string of the molecule is CN1C(=O)[C@]2(S)C[C@](C)(C#N)[C@H](c3ccc(Cl)c(Cl)c3)N2C(=O)[C@]1(C)S. The van der Waals surface area contributed by atoms with E-state index < -0.39 is 27.1 Å². The maximum Gasteiger partial charge on any atom is 0.260 e. The molecule has 4 atom stereocenters. The molecule has 2 amide bonds. The van der Waals surface area contributed by atoms with Crippen LogP contribution in [0.3, 0.4) is 0 Å². The van der Waals surface area contributed by atoms with Crippen LogP contribution in [0.2, 0.25) is 10.0 Å². The molecule has 0 aliphatic carbocycles. The van der Waals surface area contributed by atoms with Crippen molar-refractivity contribution in [2.45, 2.75) is 36.1 Å². The molecule has 0 N–H and O–H groups in total. The highest BCUT2D eigenvalue weighted by Crippen LogP contribution is 2.59. The molecule has 0 unspecified atom stereocenters. The Labute approximate surface area is 173 Å². The number of amides is 2. The van der Waals surface area contributed by atoms with Crippen LogP contribution in [0.5, 0.6) is 0 Å². The summed E-state index contributed by atoms with van der Waals surface area (Å²) in [4.78, 5) is 26.2. The lowest BCUT2D eigenvalue weighted by molar-refractivity contribution is -0.163. The third-order valence-electron chi connectivity index (χ3n) is 5.31. The average molecular weight is 430 g/mol. The van der Waals surface area contributed by atoms with E-state index in [4.69, 9.17) is 23.2 Å². The Bertz CT molecular complexity index is 872. The Hall–Kier alpha value is -1.07. The number of hydrogen-bond donors (Lipinski definition) is 2. The summed E-state index contributed by atoms with van der Waals surface area (Å²) in [5, 5.41) is 10.6. The summed E-state index contributed by atoms with van der Waals surface area (Å²) in [5.41, 5.74) is -0.423.